The Labute approximate surface area is 235 Å². The van der Waals surface area contributed by atoms with Gasteiger partial charge < -0.3 is 10.1 Å². The minimum Gasteiger partial charge on any atom is -0.496 e. The van der Waals surface area contributed by atoms with E-state index in [9.17, 15) is 9.59 Å². The molecule has 1 unspecified atom stereocenters. The van der Waals surface area contributed by atoms with E-state index in [1.54, 1.807) is 31.4 Å². The molecule has 1 aliphatic heterocycles. The molecule has 1 saturated heterocycles. The maximum atomic E-state index is 12.9. The summed E-state index contributed by atoms with van der Waals surface area (Å²) in [6.45, 7) is 4.91. The predicted molar refractivity (Wildman–Crippen MR) is 157 cm³/mol. The molecule has 3 aromatic rings. The molecule has 1 saturated carbocycles. The Morgan fingerprint density at radius 2 is 1.74 bits per heavy atom. The molecule has 1 aromatic heterocycles. The zero-order valence-electron chi connectivity index (χ0n) is 22.9. The molecule has 7 nitrogen and oxygen atoms in total. The number of nitrogens with one attached hydrogen (secondary N) is 2. The maximum absolute atomic E-state index is 12.9. The number of aromatic nitrogens is 1. The number of methoxy groups -OCH3 is 1. The Kier molecular flexibility index (Phi) is 8.94. The van der Waals surface area contributed by atoms with Gasteiger partial charge in [-0.3, -0.25) is 19.8 Å². The first-order chi connectivity index (χ1) is 19.1. The van der Waals surface area contributed by atoms with Crippen LogP contribution < -0.4 is 15.4 Å². The van der Waals surface area contributed by atoms with Crippen LogP contribution in [0.2, 0.25) is 0 Å². The summed E-state index contributed by atoms with van der Waals surface area (Å²) in [4.78, 5) is 32.7. The fourth-order valence-electron chi connectivity index (χ4n) is 5.87. The lowest BCUT2D eigenvalue weighted by atomic mass is 9.83. The first-order valence-corrected chi connectivity index (χ1v) is 15.0. The van der Waals surface area contributed by atoms with Crippen LogP contribution >= 0.6 is 11.3 Å². The standard InChI is InChI=1S/C31H38N4O3S/c1-3-35-17-7-10-25(35)19-32-29(36)22-11-13-23(14-12-22)30(37)34-31-33-27(20-39-31)26-18-24(15-16-28(26)38-2)21-8-5-4-6-9-21/h11-16,18,20-21,25H,3-10,17,19H2,1-2H3,(H,32,36)(H,33,34,37). The third-order valence-corrected chi connectivity index (χ3v) is 8.87. The molecule has 2 amide bonds. The first kappa shape index (κ1) is 27.3. The lowest BCUT2D eigenvalue weighted by molar-refractivity contribution is 0.0939. The van der Waals surface area contributed by atoms with E-state index < -0.39 is 0 Å². The number of ether oxygens (including phenoxy) is 1. The molecule has 1 atom stereocenters. The molecule has 8 heteroatoms. The first-order valence-electron chi connectivity index (χ1n) is 14.1. The number of carbonyl (C=O) groups is 2. The molecule has 1 aliphatic carbocycles. The van der Waals surface area contributed by atoms with E-state index in [0.717, 1.165) is 36.5 Å². The number of hydrogen-bond donors (Lipinski definition) is 2. The van der Waals surface area contributed by atoms with Gasteiger partial charge in [0.05, 0.1) is 12.8 Å². The topological polar surface area (TPSA) is 83.6 Å². The summed E-state index contributed by atoms with van der Waals surface area (Å²) in [6, 6.07) is 13.6. The van der Waals surface area contributed by atoms with Crippen LogP contribution in [0.1, 0.15) is 84.1 Å². The predicted octanol–water partition coefficient (Wildman–Crippen LogP) is 6.33. The Hall–Kier alpha value is -3.23. The van der Waals surface area contributed by atoms with Crippen LogP contribution in [0.5, 0.6) is 5.75 Å². The van der Waals surface area contributed by atoms with Gasteiger partial charge in [0.15, 0.2) is 5.13 Å². The Balaban J connectivity index is 1.21. The lowest BCUT2D eigenvalue weighted by Crippen LogP contribution is -2.40. The SMILES string of the molecule is CCN1CCCC1CNC(=O)c1ccc(C(=O)Nc2nc(-c3cc(C4CCCCC4)ccc3OC)cs2)cc1. The van der Waals surface area contributed by atoms with E-state index in [4.69, 9.17) is 9.72 Å². The zero-order valence-corrected chi connectivity index (χ0v) is 23.7. The third-order valence-electron chi connectivity index (χ3n) is 8.11. The third kappa shape index (κ3) is 6.50. The van der Waals surface area contributed by atoms with Gasteiger partial charge in [-0.15, -0.1) is 11.3 Å². The molecule has 2 N–H and O–H groups in total. The van der Waals surface area contributed by atoms with Crippen molar-refractivity contribution in [1.82, 2.24) is 15.2 Å². The van der Waals surface area contributed by atoms with Crippen molar-refractivity contribution in [2.24, 2.45) is 0 Å². The van der Waals surface area contributed by atoms with Crippen molar-refractivity contribution in [1.29, 1.82) is 0 Å². The highest BCUT2D eigenvalue weighted by atomic mass is 32.1. The van der Waals surface area contributed by atoms with E-state index in [1.807, 2.05) is 11.4 Å². The monoisotopic (exact) mass is 546 g/mol. The number of likely N-dealkylation sites (N-methyl/N-ethyl adjacent to an activating group) is 1. The van der Waals surface area contributed by atoms with Crippen molar-refractivity contribution in [3.63, 3.8) is 0 Å². The highest BCUT2D eigenvalue weighted by Gasteiger charge is 2.23. The van der Waals surface area contributed by atoms with Crippen LogP contribution in [0, 0.1) is 0 Å². The minimum absolute atomic E-state index is 0.112. The molecule has 0 radical (unpaired) electrons. The molecule has 2 aromatic carbocycles. The molecular formula is C31H38N4O3S. The summed E-state index contributed by atoms with van der Waals surface area (Å²) in [5, 5.41) is 8.43. The van der Waals surface area contributed by atoms with Crippen molar-refractivity contribution in [3.8, 4) is 17.0 Å². The van der Waals surface area contributed by atoms with Gasteiger partial charge in [-0.2, -0.15) is 0 Å². The molecule has 206 valence electrons. The van der Waals surface area contributed by atoms with Crippen LogP contribution in [-0.4, -0.2) is 54.5 Å². The van der Waals surface area contributed by atoms with Crippen molar-refractivity contribution in [2.45, 2.75) is 63.8 Å². The number of anilines is 1. The maximum Gasteiger partial charge on any atom is 0.257 e. The van der Waals surface area contributed by atoms with Crippen molar-refractivity contribution in [3.05, 3.63) is 64.5 Å². The summed E-state index contributed by atoms with van der Waals surface area (Å²) < 4.78 is 5.63. The summed E-state index contributed by atoms with van der Waals surface area (Å²) in [6.07, 6.45) is 8.63. The van der Waals surface area contributed by atoms with Gasteiger partial charge in [0, 0.05) is 34.7 Å². The average molecular weight is 547 g/mol. The summed E-state index contributed by atoms with van der Waals surface area (Å²) >= 11 is 1.39. The highest BCUT2D eigenvalue weighted by Crippen LogP contribution is 2.38. The van der Waals surface area contributed by atoms with E-state index in [0.29, 0.717) is 34.8 Å². The largest absolute Gasteiger partial charge is 0.496 e. The van der Waals surface area contributed by atoms with Gasteiger partial charge in [-0.05, 0) is 86.7 Å². The number of rotatable bonds is 9. The summed E-state index contributed by atoms with van der Waals surface area (Å²) in [7, 11) is 1.67. The molecule has 0 bridgehead atoms. The molecule has 39 heavy (non-hydrogen) atoms. The molecule has 2 heterocycles. The molecule has 2 aliphatic rings. The van der Waals surface area contributed by atoms with Crippen molar-refractivity contribution < 1.29 is 14.3 Å². The quantitative estimate of drug-likeness (QED) is 0.328. The second-order valence-corrected chi connectivity index (χ2v) is 11.4. The van der Waals surface area contributed by atoms with Crippen LogP contribution in [-0.2, 0) is 0 Å². The smallest absolute Gasteiger partial charge is 0.257 e. The normalized spacial score (nSPS) is 18.2. The Morgan fingerprint density at radius 3 is 2.46 bits per heavy atom. The average Bonchev–Trinajstić information content (AvgIpc) is 3.65. The van der Waals surface area contributed by atoms with Crippen LogP contribution in [0.4, 0.5) is 5.13 Å². The number of amides is 2. The van der Waals surface area contributed by atoms with Gasteiger partial charge in [-0.1, -0.05) is 32.3 Å². The number of nitrogens with zero attached hydrogens (tertiary/aromatic N) is 2. The highest BCUT2D eigenvalue weighted by molar-refractivity contribution is 7.14. The number of benzene rings is 2. The Morgan fingerprint density at radius 1 is 1.00 bits per heavy atom. The van der Waals surface area contributed by atoms with Crippen LogP contribution in [0.3, 0.4) is 0 Å². The van der Waals surface area contributed by atoms with Crippen molar-refractivity contribution >= 4 is 28.3 Å². The molecule has 5 rings (SSSR count). The molecule has 0 spiro atoms. The van der Waals surface area contributed by atoms with E-state index in [2.05, 4.69) is 34.6 Å². The van der Waals surface area contributed by atoms with Crippen molar-refractivity contribution in [2.75, 3.05) is 32.1 Å². The van der Waals surface area contributed by atoms with E-state index in [-0.39, 0.29) is 11.8 Å². The number of thiazole rings is 1. The number of carbonyl (C=O) groups excluding carboxylic acids is 2. The van der Waals surface area contributed by atoms with Crippen LogP contribution in [0.25, 0.3) is 11.3 Å². The molecule has 2 fully saturated rings. The fourth-order valence-corrected chi connectivity index (χ4v) is 6.57. The fraction of sp³-hybridized carbons (Fsp3) is 0.452. The second kappa shape index (κ2) is 12.7. The lowest BCUT2D eigenvalue weighted by Gasteiger charge is -2.22. The van der Waals surface area contributed by atoms with Gasteiger partial charge in [0.1, 0.15) is 5.75 Å². The second-order valence-electron chi connectivity index (χ2n) is 10.5. The zero-order chi connectivity index (χ0) is 27.2. The minimum atomic E-state index is -0.254. The van der Waals surface area contributed by atoms with E-state index >= 15 is 0 Å². The summed E-state index contributed by atoms with van der Waals surface area (Å²) in [5.41, 5.74) is 4.11. The molecular weight excluding hydrogens is 508 g/mol. The number of likely N-dealkylation sites (tertiary alicyclic amines) is 1. The van der Waals surface area contributed by atoms with Gasteiger partial charge >= 0.3 is 0 Å². The van der Waals surface area contributed by atoms with Gasteiger partial charge in [-0.25, -0.2) is 4.98 Å². The van der Waals surface area contributed by atoms with Gasteiger partial charge in [0.25, 0.3) is 11.8 Å². The van der Waals surface area contributed by atoms with E-state index in [1.165, 1.54) is 55.4 Å². The Bertz CT molecular complexity index is 1280. The van der Waals surface area contributed by atoms with Gasteiger partial charge in [0.2, 0.25) is 0 Å². The van der Waals surface area contributed by atoms with Crippen LogP contribution in [0.15, 0.2) is 47.8 Å². The number of hydrogen-bond acceptors (Lipinski definition) is 6. The summed E-state index contributed by atoms with van der Waals surface area (Å²) in [5.74, 6) is 0.996.